The quantitative estimate of drug-likeness (QED) is 0.255. The summed E-state index contributed by atoms with van der Waals surface area (Å²) in [6, 6.07) is 17.6. The number of hydrogen-bond donors (Lipinski definition) is 1. The number of aliphatic imine (C=N–C) groups is 1. The van der Waals surface area contributed by atoms with Crippen LogP contribution in [0.15, 0.2) is 103 Å². The van der Waals surface area contributed by atoms with Crippen LogP contribution in [0.4, 0.5) is 11.4 Å². The zero-order valence-corrected chi connectivity index (χ0v) is 21.9. The summed E-state index contributed by atoms with van der Waals surface area (Å²) < 4.78 is 0. The van der Waals surface area contributed by atoms with E-state index in [-0.39, 0.29) is 17.9 Å². The first-order valence-electron chi connectivity index (χ1n) is 12.7. The number of allylic oxidation sites excluding steroid dienone is 4. The van der Waals surface area contributed by atoms with Crippen LogP contribution in [0.5, 0.6) is 0 Å². The molecular formula is C32H41N3. The molecule has 0 aliphatic carbocycles. The molecular weight excluding hydrogens is 426 g/mol. The van der Waals surface area contributed by atoms with E-state index in [1.165, 1.54) is 16.8 Å². The minimum atomic E-state index is 0.0847. The Morgan fingerprint density at radius 3 is 2.51 bits per heavy atom. The van der Waals surface area contributed by atoms with Crippen LogP contribution in [0.2, 0.25) is 0 Å². The summed E-state index contributed by atoms with van der Waals surface area (Å²) in [5, 5.41) is 3.58. The highest BCUT2D eigenvalue weighted by Gasteiger charge is 2.34. The number of rotatable bonds is 12. The van der Waals surface area contributed by atoms with Gasteiger partial charge in [-0.1, -0.05) is 73.4 Å². The number of nitrogens with zero attached hydrogens (tertiary/aromatic N) is 2. The van der Waals surface area contributed by atoms with E-state index in [9.17, 15) is 0 Å². The number of anilines is 2. The Bertz CT molecular complexity index is 1090. The lowest BCUT2D eigenvalue weighted by atomic mass is 9.75. The average Bonchev–Trinajstić information content (AvgIpc) is 2.85. The van der Waals surface area contributed by atoms with Crippen molar-refractivity contribution in [1.29, 1.82) is 0 Å². The molecule has 3 nitrogen and oxygen atoms in total. The minimum Gasteiger partial charge on any atom is -0.381 e. The minimum absolute atomic E-state index is 0.0847. The van der Waals surface area contributed by atoms with Gasteiger partial charge in [-0.05, 0) is 57.4 Å². The van der Waals surface area contributed by atoms with E-state index in [0.29, 0.717) is 6.04 Å². The number of nitrogens with one attached hydrogen (secondary N) is 1. The van der Waals surface area contributed by atoms with Crippen molar-refractivity contribution in [3.8, 4) is 0 Å². The van der Waals surface area contributed by atoms with Crippen LogP contribution in [-0.2, 0) is 0 Å². The molecule has 0 saturated heterocycles. The molecule has 35 heavy (non-hydrogen) atoms. The van der Waals surface area contributed by atoms with Crippen LogP contribution < -0.4 is 10.2 Å². The van der Waals surface area contributed by atoms with Gasteiger partial charge in [0.2, 0.25) is 0 Å². The van der Waals surface area contributed by atoms with Crippen LogP contribution in [0.25, 0.3) is 0 Å². The number of para-hydroxylation sites is 2. The van der Waals surface area contributed by atoms with Crippen molar-refractivity contribution in [2.24, 2.45) is 10.9 Å². The average molecular weight is 468 g/mol. The molecule has 1 aliphatic heterocycles. The molecule has 1 heterocycles. The summed E-state index contributed by atoms with van der Waals surface area (Å²) in [7, 11) is 2.16. The summed E-state index contributed by atoms with van der Waals surface area (Å²) in [6.07, 6.45) is 10.1. The lowest BCUT2D eigenvalue weighted by Crippen LogP contribution is -2.37. The van der Waals surface area contributed by atoms with Crippen molar-refractivity contribution in [2.45, 2.75) is 51.6 Å². The smallest absolute Gasteiger partial charge is 0.0655 e. The third-order valence-corrected chi connectivity index (χ3v) is 6.69. The zero-order valence-electron chi connectivity index (χ0n) is 21.9. The van der Waals surface area contributed by atoms with Crippen LogP contribution in [0.1, 0.15) is 50.7 Å². The van der Waals surface area contributed by atoms with E-state index in [1.54, 1.807) is 0 Å². The Balaban J connectivity index is 1.94. The second-order valence-electron chi connectivity index (χ2n) is 9.70. The second-order valence-corrected chi connectivity index (χ2v) is 9.70. The molecule has 3 unspecified atom stereocenters. The van der Waals surface area contributed by atoms with Gasteiger partial charge in [-0.25, -0.2) is 0 Å². The van der Waals surface area contributed by atoms with Crippen LogP contribution >= 0.6 is 0 Å². The monoisotopic (exact) mass is 467 g/mol. The standard InChI is InChI=1S/C32H41N3/c1-8-15-24(6)20-21-28-26-16-11-12-17-27(26)29(10-3)34-32(28)25(9-2)22-35(7)31-19-14-13-18-30(31)33-23(4)5/h8-19,23,25,28,32-33H,2-3,6,20-22H2,1,4-5,7H3/b15-8-. The molecule has 0 fully saturated rings. The third-order valence-electron chi connectivity index (χ3n) is 6.69. The molecule has 1 N–H and O–H groups in total. The van der Waals surface area contributed by atoms with Gasteiger partial charge in [0.05, 0.1) is 23.1 Å². The topological polar surface area (TPSA) is 27.6 Å². The van der Waals surface area contributed by atoms with E-state index in [4.69, 9.17) is 4.99 Å². The molecule has 0 saturated carbocycles. The Hall–Kier alpha value is -3.33. The van der Waals surface area contributed by atoms with Gasteiger partial charge < -0.3 is 10.2 Å². The van der Waals surface area contributed by atoms with Crippen molar-refractivity contribution in [3.63, 3.8) is 0 Å². The highest BCUT2D eigenvalue weighted by atomic mass is 15.1. The Labute approximate surface area is 212 Å². The van der Waals surface area contributed by atoms with E-state index in [2.05, 4.69) is 118 Å². The van der Waals surface area contributed by atoms with Gasteiger partial charge in [-0.2, -0.15) is 0 Å². The van der Waals surface area contributed by atoms with Crippen molar-refractivity contribution < 1.29 is 0 Å². The maximum absolute atomic E-state index is 5.27. The van der Waals surface area contributed by atoms with Crippen LogP contribution in [-0.4, -0.2) is 31.4 Å². The molecule has 184 valence electrons. The first kappa shape index (κ1) is 26.3. The molecule has 3 heteroatoms. The normalized spacial score (nSPS) is 18.0. The summed E-state index contributed by atoms with van der Waals surface area (Å²) in [4.78, 5) is 7.60. The number of fused-ring (bicyclic) bond motifs is 1. The first-order valence-corrected chi connectivity index (χ1v) is 12.7. The Kier molecular flexibility index (Phi) is 9.31. The molecule has 0 spiro atoms. The highest BCUT2D eigenvalue weighted by Crippen LogP contribution is 2.39. The van der Waals surface area contributed by atoms with Crippen molar-refractivity contribution in [2.75, 3.05) is 23.8 Å². The molecule has 2 aromatic rings. The van der Waals surface area contributed by atoms with Crippen LogP contribution in [0.3, 0.4) is 0 Å². The summed E-state index contributed by atoms with van der Waals surface area (Å²) in [5.74, 6) is 0.465. The summed E-state index contributed by atoms with van der Waals surface area (Å²) in [6.45, 7) is 19.8. The largest absolute Gasteiger partial charge is 0.381 e. The predicted octanol–water partition coefficient (Wildman–Crippen LogP) is 7.80. The maximum atomic E-state index is 5.27. The molecule has 3 rings (SSSR count). The van der Waals surface area contributed by atoms with E-state index < -0.39 is 0 Å². The predicted molar refractivity (Wildman–Crippen MR) is 155 cm³/mol. The van der Waals surface area contributed by atoms with E-state index in [1.807, 2.05) is 13.0 Å². The molecule has 0 radical (unpaired) electrons. The first-order chi connectivity index (χ1) is 16.9. The van der Waals surface area contributed by atoms with Crippen molar-refractivity contribution >= 4 is 17.1 Å². The Morgan fingerprint density at radius 1 is 1.11 bits per heavy atom. The fraction of sp³-hybridized carbons (Fsp3) is 0.344. The van der Waals surface area contributed by atoms with E-state index in [0.717, 1.165) is 36.4 Å². The van der Waals surface area contributed by atoms with Crippen molar-refractivity contribution in [1.82, 2.24) is 0 Å². The molecule has 0 bridgehead atoms. The van der Waals surface area contributed by atoms with Gasteiger partial charge in [0.25, 0.3) is 0 Å². The fourth-order valence-corrected chi connectivity index (χ4v) is 5.08. The number of benzene rings is 2. The number of hydrogen-bond acceptors (Lipinski definition) is 3. The van der Waals surface area contributed by atoms with Gasteiger partial charge in [0, 0.05) is 37.0 Å². The van der Waals surface area contributed by atoms with E-state index >= 15 is 0 Å². The summed E-state index contributed by atoms with van der Waals surface area (Å²) >= 11 is 0. The van der Waals surface area contributed by atoms with Gasteiger partial charge in [-0.15, -0.1) is 6.58 Å². The SMILES string of the molecule is C=CC1=NC(C(C=C)CN(C)c2ccccc2NC(C)C)C(CCC(=C)/C=C\C)c2ccccc21. The van der Waals surface area contributed by atoms with Gasteiger partial charge >= 0.3 is 0 Å². The second kappa shape index (κ2) is 12.4. The lowest BCUT2D eigenvalue weighted by Gasteiger charge is -2.37. The molecule has 3 atom stereocenters. The third kappa shape index (κ3) is 6.42. The lowest BCUT2D eigenvalue weighted by molar-refractivity contribution is 0.406. The van der Waals surface area contributed by atoms with Gasteiger partial charge in [0.1, 0.15) is 0 Å². The molecule has 2 aromatic carbocycles. The van der Waals surface area contributed by atoms with Crippen molar-refractivity contribution in [3.05, 3.63) is 109 Å². The van der Waals surface area contributed by atoms with Gasteiger partial charge in [0.15, 0.2) is 0 Å². The fourth-order valence-electron chi connectivity index (χ4n) is 5.08. The molecule has 0 amide bonds. The Morgan fingerprint density at radius 2 is 1.83 bits per heavy atom. The maximum Gasteiger partial charge on any atom is 0.0655 e. The van der Waals surface area contributed by atoms with Gasteiger partial charge in [-0.3, -0.25) is 4.99 Å². The molecule has 0 aromatic heterocycles. The molecule has 1 aliphatic rings. The summed E-state index contributed by atoms with van der Waals surface area (Å²) in [5.41, 5.74) is 7.02. The zero-order chi connectivity index (χ0) is 25.4. The highest BCUT2D eigenvalue weighted by molar-refractivity contribution is 6.10. The van der Waals surface area contributed by atoms with Crippen LogP contribution in [0, 0.1) is 5.92 Å².